The zero-order chi connectivity index (χ0) is 17.2. The molecule has 124 valence electrons. The molecular weight excluding hydrogens is 316 g/mol. The molecule has 0 spiro atoms. The second kappa shape index (κ2) is 6.24. The minimum absolute atomic E-state index is 0.0265. The Hall–Kier alpha value is -3.41. The normalized spacial score (nSPS) is 11.0. The Bertz CT molecular complexity index is 1110. The maximum Gasteiger partial charge on any atom is 0.275 e. The highest BCUT2D eigenvalue weighted by Crippen LogP contribution is 2.14. The summed E-state index contributed by atoms with van der Waals surface area (Å²) < 4.78 is 3.37. The molecule has 0 fully saturated rings. The van der Waals surface area contributed by atoms with Crippen LogP contribution in [0.1, 0.15) is 5.56 Å². The monoisotopic (exact) mass is 332 g/mol. The standard InChI is InChI=1S/C19H16N4O2/c24-18(21-12-14-5-3-9-20-11-14)13-23-16-7-2-1-6-15(16)22-10-4-8-17(22)19(23)25/h1-11H,12-13H2,(H,21,24). The zero-order valence-electron chi connectivity index (χ0n) is 13.4. The maximum absolute atomic E-state index is 12.8. The first kappa shape index (κ1) is 15.1. The van der Waals surface area contributed by atoms with E-state index < -0.39 is 0 Å². The molecule has 3 aromatic heterocycles. The van der Waals surface area contributed by atoms with Crippen molar-refractivity contribution in [2.45, 2.75) is 13.1 Å². The van der Waals surface area contributed by atoms with Gasteiger partial charge >= 0.3 is 0 Å². The third kappa shape index (κ3) is 2.78. The molecule has 1 N–H and O–H groups in total. The second-order valence-electron chi connectivity index (χ2n) is 5.78. The van der Waals surface area contributed by atoms with Crippen LogP contribution in [0.2, 0.25) is 0 Å². The molecule has 1 amide bonds. The van der Waals surface area contributed by atoms with Crippen LogP contribution in [0.25, 0.3) is 16.6 Å². The number of carbonyl (C=O) groups excluding carboxylic acids is 1. The third-order valence-corrected chi connectivity index (χ3v) is 4.16. The van der Waals surface area contributed by atoms with E-state index in [1.807, 2.05) is 53.1 Å². The van der Waals surface area contributed by atoms with E-state index in [0.29, 0.717) is 12.1 Å². The first-order chi connectivity index (χ1) is 12.2. The van der Waals surface area contributed by atoms with E-state index >= 15 is 0 Å². The highest BCUT2D eigenvalue weighted by Gasteiger charge is 2.12. The largest absolute Gasteiger partial charge is 0.350 e. The Labute approximate surface area is 143 Å². The number of fused-ring (bicyclic) bond motifs is 3. The summed E-state index contributed by atoms with van der Waals surface area (Å²) in [5.74, 6) is -0.216. The summed E-state index contributed by atoms with van der Waals surface area (Å²) in [6, 6.07) is 14.9. The third-order valence-electron chi connectivity index (χ3n) is 4.16. The highest BCUT2D eigenvalue weighted by atomic mass is 16.2. The summed E-state index contributed by atoms with van der Waals surface area (Å²) in [5, 5.41) is 2.84. The van der Waals surface area contributed by atoms with Crippen LogP contribution >= 0.6 is 0 Å². The van der Waals surface area contributed by atoms with Crippen LogP contribution in [0, 0.1) is 0 Å². The summed E-state index contributed by atoms with van der Waals surface area (Å²) in [6.45, 7) is 0.355. The highest BCUT2D eigenvalue weighted by molar-refractivity contribution is 5.82. The van der Waals surface area contributed by atoms with Crippen molar-refractivity contribution in [3.8, 4) is 0 Å². The molecule has 0 aliphatic rings. The summed E-state index contributed by atoms with van der Waals surface area (Å²) in [5.41, 5.74) is 2.91. The molecule has 0 radical (unpaired) electrons. The fourth-order valence-corrected chi connectivity index (χ4v) is 2.97. The smallest absolute Gasteiger partial charge is 0.275 e. The molecule has 4 rings (SSSR count). The van der Waals surface area contributed by atoms with Crippen molar-refractivity contribution in [1.29, 1.82) is 0 Å². The molecule has 3 heterocycles. The van der Waals surface area contributed by atoms with Gasteiger partial charge in [0.25, 0.3) is 5.56 Å². The Kier molecular flexibility index (Phi) is 3.78. The van der Waals surface area contributed by atoms with Crippen molar-refractivity contribution in [1.82, 2.24) is 19.3 Å². The van der Waals surface area contributed by atoms with Gasteiger partial charge in [0.1, 0.15) is 12.1 Å². The van der Waals surface area contributed by atoms with Crippen LogP contribution in [-0.2, 0) is 17.9 Å². The molecule has 0 aliphatic heterocycles. The predicted octanol–water partition coefficient (Wildman–Crippen LogP) is 1.97. The number of hydrogen-bond donors (Lipinski definition) is 1. The molecule has 25 heavy (non-hydrogen) atoms. The van der Waals surface area contributed by atoms with Crippen molar-refractivity contribution >= 4 is 22.5 Å². The van der Waals surface area contributed by atoms with Crippen molar-refractivity contribution in [3.05, 3.63) is 83.0 Å². The molecule has 6 nitrogen and oxygen atoms in total. The molecule has 0 aliphatic carbocycles. The first-order valence-electron chi connectivity index (χ1n) is 7.98. The van der Waals surface area contributed by atoms with E-state index in [1.54, 1.807) is 18.5 Å². The summed E-state index contributed by atoms with van der Waals surface area (Å²) in [4.78, 5) is 29.1. The van der Waals surface area contributed by atoms with E-state index in [1.165, 1.54) is 4.57 Å². The van der Waals surface area contributed by atoms with Gasteiger partial charge in [0, 0.05) is 25.1 Å². The van der Waals surface area contributed by atoms with Gasteiger partial charge in [-0.05, 0) is 35.9 Å². The lowest BCUT2D eigenvalue weighted by atomic mass is 10.2. The lowest BCUT2D eigenvalue weighted by molar-refractivity contribution is -0.121. The first-order valence-corrected chi connectivity index (χ1v) is 7.98. The average molecular weight is 332 g/mol. The van der Waals surface area contributed by atoms with Crippen LogP contribution in [0.15, 0.2) is 71.9 Å². The van der Waals surface area contributed by atoms with E-state index in [-0.39, 0.29) is 18.0 Å². The number of amides is 1. The lowest BCUT2D eigenvalue weighted by Crippen LogP contribution is -2.32. The number of nitrogens with zero attached hydrogens (tertiary/aromatic N) is 3. The summed E-state index contributed by atoms with van der Waals surface area (Å²) in [6.07, 6.45) is 5.24. The molecule has 0 saturated heterocycles. The van der Waals surface area contributed by atoms with E-state index in [9.17, 15) is 9.59 Å². The van der Waals surface area contributed by atoms with Gasteiger partial charge in [0.2, 0.25) is 5.91 Å². The average Bonchev–Trinajstić information content (AvgIpc) is 3.14. The van der Waals surface area contributed by atoms with Crippen molar-refractivity contribution in [2.24, 2.45) is 0 Å². The molecular formula is C19H16N4O2. The number of hydrogen-bond acceptors (Lipinski definition) is 3. The summed E-state index contributed by atoms with van der Waals surface area (Å²) >= 11 is 0. The van der Waals surface area contributed by atoms with Crippen molar-refractivity contribution < 1.29 is 4.79 Å². The van der Waals surface area contributed by atoms with Gasteiger partial charge in [-0.2, -0.15) is 0 Å². The number of pyridine rings is 1. The van der Waals surface area contributed by atoms with Crippen LogP contribution in [0.3, 0.4) is 0 Å². The molecule has 0 bridgehead atoms. The van der Waals surface area contributed by atoms with Gasteiger partial charge in [-0.15, -0.1) is 0 Å². The Morgan fingerprint density at radius 1 is 1.00 bits per heavy atom. The van der Waals surface area contributed by atoms with Crippen LogP contribution in [0.5, 0.6) is 0 Å². The van der Waals surface area contributed by atoms with E-state index in [0.717, 1.165) is 16.6 Å². The fraction of sp³-hybridized carbons (Fsp3) is 0.105. The van der Waals surface area contributed by atoms with E-state index in [4.69, 9.17) is 0 Å². The van der Waals surface area contributed by atoms with Gasteiger partial charge < -0.3 is 9.72 Å². The SMILES string of the molecule is O=C(Cn1c(=O)c2cccn2c2ccccc21)NCc1cccnc1. The number of nitrogens with one attached hydrogen (secondary N) is 1. The quantitative estimate of drug-likeness (QED) is 0.621. The Morgan fingerprint density at radius 3 is 2.60 bits per heavy atom. The predicted molar refractivity (Wildman–Crippen MR) is 95.2 cm³/mol. The molecule has 0 saturated carbocycles. The second-order valence-corrected chi connectivity index (χ2v) is 5.78. The molecule has 1 aromatic carbocycles. The molecule has 0 unspecified atom stereocenters. The van der Waals surface area contributed by atoms with Crippen molar-refractivity contribution in [3.63, 3.8) is 0 Å². The number of aromatic nitrogens is 3. The zero-order valence-corrected chi connectivity index (χ0v) is 13.4. The molecule has 0 atom stereocenters. The van der Waals surface area contributed by atoms with Gasteiger partial charge in [0.15, 0.2) is 0 Å². The fourth-order valence-electron chi connectivity index (χ4n) is 2.97. The van der Waals surface area contributed by atoms with Gasteiger partial charge in [-0.1, -0.05) is 18.2 Å². The molecule has 6 heteroatoms. The maximum atomic E-state index is 12.8. The van der Waals surface area contributed by atoms with Crippen LogP contribution < -0.4 is 10.9 Å². The van der Waals surface area contributed by atoms with Crippen LogP contribution in [0.4, 0.5) is 0 Å². The lowest BCUT2D eigenvalue weighted by Gasteiger charge is -2.12. The van der Waals surface area contributed by atoms with Gasteiger partial charge in [-0.3, -0.25) is 19.1 Å². The van der Waals surface area contributed by atoms with Crippen molar-refractivity contribution in [2.75, 3.05) is 0 Å². The Morgan fingerprint density at radius 2 is 1.80 bits per heavy atom. The summed E-state index contributed by atoms with van der Waals surface area (Å²) in [7, 11) is 0. The van der Waals surface area contributed by atoms with E-state index in [2.05, 4.69) is 10.3 Å². The molecule has 4 aromatic rings. The number of benzene rings is 1. The van der Waals surface area contributed by atoms with Gasteiger partial charge in [0.05, 0.1) is 11.0 Å². The minimum Gasteiger partial charge on any atom is -0.350 e. The number of para-hydroxylation sites is 2. The topological polar surface area (TPSA) is 68.4 Å². The van der Waals surface area contributed by atoms with Gasteiger partial charge in [-0.25, -0.2) is 0 Å². The number of carbonyl (C=O) groups is 1. The number of rotatable bonds is 4. The Balaban J connectivity index is 1.67. The van der Waals surface area contributed by atoms with Crippen LogP contribution in [-0.4, -0.2) is 19.9 Å². The minimum atomic E-state index is -0.216.